The number of piperidine rings is 1. The number of amides is 4. The molecule has 6 unspecified atom stereocenters. The fourth-order valence-electron chi connectivity index (χ4n) is 6.92. The SMILES string of the molecule is CCCC(NC(=O)C1C2C(CN1C(=O)[C@H](NC(=O)OC(C)(C)C)C1CCCC(C(=O)OC(C)(C)C)C1)C2(C)C)C(=O)C(N)=O. The number of nitrogens with two attached hydrogens (primary N) is 1. The number of nitrogens with one attached hydrogen (secondary N) is 2. The molecular formula is C32H52N4O8. The number of alkyl carbamates (subject to hydrolysis) is 1. The maximum atomic E-state index is 14.4. The fraction of sp³-hybridized carbons (Fsp3) is 0.812. The first kappa shape index (κ1) is 35.3. The monoisotopic (exact) mass is 620 g/mol. The van der Waals surface area contributed by atoms with Crippen molar-refractivity contribution >= 4 is 35.6 Å². The van der Waals surface area contributed by atoms with Crippen LogP contribution >= 0.6 is 0 Å². The van der Waals surface area contributed by atoms with Gasteiger partial charge in [0.2, 0.25) is 17.6 Å². The van der Waals surface area contributed by atoms with Crippen LogP contribution in [0.15, 0.2) is 0 Å². The third kappa shape index (κ3) is 8.29. The minimum atomic E-state index is -1.13. The van der Waals surface area contributed by atoms with Crippen LogP contribution in [0.1, 0.15) is 101 Å². The zero-order chi connectivity index (χ0) is 33.4. The molecule has 0 aromatic heterocycles. The van der Waals surface area contributed by atoms with E-state index >= 15 is 0 Å². The normalized spacial score (nSPS) is 27.3. The highest BCUT2D eigenvalue weighted by molar-refractivity contribution is 6.37. The van der Waals surface area contributed by atoms with Crippen LogP contribution in [0.25, 0.3) is 0 Å². The number of ether oxygens (including phenoxy) is 2. The van der Waals surface area contributed by atoms with Crippen LogP contribution in [-0.4, -0.2) is 76.3 Å². The fourth-order valence-corrected chi connectivity index (χ4v) is 6.92. The van der Waals surface area contributed by atoms with Crippen molar-refractivity contribution in [2.75, 3.05) is 6.54 Å². The number of fused-ring (bicyclic) bond motifs is 1. The number of Topliss-reactive ketones (excluding diaryl/α,β-unsaturated/α-hetero) is 1. The topological polar surface area (TPSA) is 174 Å². The van der Waals surface area contributed by atoms with Crippen LogP contribution in [0, 0.1) is 29.1 Å². The van der Waals surface area contributed by atoms with Gasteiger partial charge in [-0.2, -0.15) is 0 Å². The molecule has 44 heavy (non-hydrogen) atoms. The molecule has 12 nitrogen and oxygen atoms in total. The molecule has 7 atom stereocenters. The van der Waals surface area contributed by atoms with Crippen LogP contribution in [0.3, 0.4) is 0 Å². The summed E-state index contributed by atoms with van der Waals surface area (Å²) in [7, 11) is 0. The van der Waals surface area contributed by atoms with E-state index in [0.29, 0.717) is 38.6 Å². The lowest BCUT2D eigenvalue weighted by molar-refractivity contribution is -0.162. The molecule has 4 N–H and O–H groups in total. The van der Waals surface area contributed by atoms with E-state index in [2.05, 4.69) is 10.6 Å². The smallest absolute Gasteiger partial charge is 0.408 e. The molecule has 12 heteroatoms. The third-order valence-electron chi connectivity index (χ3n) is 9.08. The zero-order valence-electron chi connectivity index (χ0n) is 27.8. The first-order valence-electron chi connectivity index (χ1n) is 15.8. The summed E-state index contributed by atoms with van der Waals surface area (Å²) in [5.41, 5.74) is 3.55. The summed E-state index contributed by atoms with van der Waals surface area (Å²) in [5, 5.41) is 5.48. The summed E-state index contributed by atoms with van der Waals surface area (Å²) in [6.45, 7) is 16.7. The quantitative estimate of drug-likeness (QED) is 0.247. The van der Waals surface area contributed by atoms with Crippen molar-refractivity contribution < 1.29 is 38.2 Å². The maximum Gasteiger partial charge on any atom is 0.408 e. The van der Waals surface area contributed by atoms with Gasteiger partial charge in [0.15, 0.2) is 0 Å². The lowest BCUT2D eigenvalue weighted by Crippen LogP contribution is -2.60. The molecule has 2 saturated carbocycles. The van der Waals surface area contributed by atoms with E-state index < -0.39 is 70.8 Å². The molecule has 0 aromatic carbocycles. The molecule has 248 valence electrons. The number of rotatable bonds is 10. The number of hydrogen-bond acceptors (Lipinski definition) is 8. The standard InChI is InChI=1S/C32H52N4O8/c1-10-12-20(24(37)25(33)38)34-26(39)23-21-19(32(21,8)9)16-36(23)27(40)22(35-29(42)44-31(5,6)7)17-13-11-14-18(15-17)28(41)43-30(2,3)4/h17-23H,10-16H2,1-9H3,(H2,33,38)(H,34,39)(H,35,42)/t17?,18?,19?,20?,21?,22-,23?/m1/s1. The van der Waals surface area contributed by atoms with Crippen molar-refractivity contribution in [2.45, 2.75) is 130 Å². The molecule has 3 rings (SSSR count). The molecule has 1 heterocycles. The average Bonchev–Trinajstić information content (AvgIpc) is 3.20. The molecule has 3 fully saturated rings. The summed E-state index contributed by atoms with van der Waals surface area (Å²) in [5.74, 6) is -4.30. The lowest BCUT2D eigenvalue weighted by atomic mass is 9.77. The number of primary amides is 1. The van der Waals surface area contributed by atoms with E-state index in [0.717, 1.165) is 0 Å². The van der Waals surface area contributed by atoms with E-state index in [1.54, 1.807) is 41.5 Å². The van der Waals surface area contributed by atoms with Crippen LogP contribution in [0.4, 0.5) is 4.79 Å². The third-order valence-corrected chi connectivity index (χ3v) is 9.08. The molecule has 0 spiro atoms. The van der Waals surface area contributed by atoms with Crippen LogP contribution < -0.4 is 16.4 Å². The van der Waals surface area contributed by atoms with Crippen LogP contribution in [0.2, 0.25) is 0 Å². The first-order chi connectivity index (χ1) is 20.2. The second-order valence-electron chi connectivity index (χ2n) is 15.2. The van der Waals surface area contributed by atoms with Crippen molar-refractivity contribution in [2.24, 2.45) is 34.8 Å². The minimum absolute atomic E-state index is 0.0433. The van der Waals surface area contributed by atoms with Gasteiger partial charge in [-0.3, -0.25) is 24.0 Å². The number of hydrogen-bond donors (Lipinski definition) is 3. The Bertz CT molecular complexity index is 1150. The number of esters is 1. The first-order valence-corrected chi connectivity index (χ1v) is 15.8. The highest BCUT2D eigenvalue weighted by Gasteiger charge is 2.69. The highest BCUT2D eigenvalue weighted by atomic mass is 16.6. The van der Waals surface area contributed by atoms with Crippen molar-refractivity contribution in [3.8, 4) is 0 Å². The summed E-state index contributed by atoms with van der Waals surface area (Å²) in [4.78, 5) is 79.9. The van der Waals surface area contributed by atoms with Crippen molar-refractivity contribution in [3.05, 3.63) is 0 Å². The predicted molar refractivity (Wildman–Crippen MR) is 162 cm³/mol. The van der Waals surface area contributed by atoms with Crippen molar-refractivity contribution in [1.29, 1.82) is 0 Å². The second kappa shape index (κ2) is 13.0. The van der Waals surface area contributed by atoms with Gasteiger partial charge >= 0.3 is 12.1 Å². The highest BCUT2D eigenvalue weighted by Crippen LogP contribution is 2.65. The van der Waals surface area contributed by atoms with Gasteiger partial charge in [0, 0.05) is 6.54 Å². The summed E-state index contributed by atoms with van der Waals surface area (Å²) in [6, 6.07) is -3.05. The van der Waals surface area contributed by atoms with Gasteiger partial charge in [0.05, 0.1) is 12.0 Å². The van der Waals surface area contributed by atoms with E-state index in [-0.39, 0.29) is 29.6 Å². The van der Waals surface area contributed by atoms with Crippen LogP contribution in [0.5, 0.6) is 0 Å². The molecule has 4 amide bonds. The molecule has 0 radical (unpaired) electrons. The maximum absolute atomic E-state index is 14.4. The Balaban J connectivity index is 1.91. The van der Waals surface area contributed by atoms with E-state index in [9.17, 15) is 28.8 Å². The number of carbonyl (C=O) groups is 6. The van der Waals surface area contributed by atoms with E-state index in [1.807, 2.05) is 20.8 Å². The summed E-state index contributed by atoms with van der Waals surface area (Å²) in [6.07, 6.45) is 2.16. The molecular weight excluding hydrogens is 568 g/mol. The van der Waals surface area contributed by atoms with Gasteiger partial charge in [-0.05, 0) is 90.4 Å². The van der Waals surface area contributed by atoms with Gasteiger partial charge in [-0.15, -0.1) is 0 Å². The van der Waals surface area contributed by atoms with E-state index in [4.69, 9.17) is 15.2 Å². The van der Waals surface area contributed by atoms with Gasteiger partial charge in [-0.25, -0.2) is 4.79 Å². The number of carbonyl (C=O) groups excluding carboxylic acids is 6. The van der Waals surface area contributed by atoms with Crippen molar-refractivity contribution in [1.82, 2.24) is 15.5 Å². The zero-order valence-corrected chi connectivity index (χ0v) is 27.8. The van der Waals surface area contributed by atoms with Gasteiger partial charge < -0.3 is 30.7 Å². The van der Waals surface area contributed by atoms with Gasteiger partial charge in [0.25, 0.3) is 5.91 Å². The average molecular weight is 621 g/mol. The Hall–Kier alpha value is -3.18. The van der Waals surface area contributed by atoms with Gasteiger partial charge in [-0.1, -0.05) is 33.6 Å². The minimum Gasteiger partial charge on any atom is -0.460 e. The molecule has 1 aliphatic heterocycles. The summed E-state index contributed by atoms with van der Waals surface area (Å²) < 4.78 is 11.1. The molecule has 3 aliphatic rings. The Kier molecular flexibility index (Phi) is 10.5. The number of ketones is 1. The van der Waals surface area contributed by atoms with Gasteiger partial charge in [0.1, 0.15) is 23.3 Å². The number of likely N-dealkylation sites (tertiary alicyclic amines) is 1. The Morgan fingerprint density at radius 2 is 1.57 bits per heavy atom. The predicted octanol–water partition coefficient (Wildman–Crippen LogP) is 2.85. The van der Waals surface area contributed by atoms with Crippen LogP contribution in [-0.2, 0) is 33.4 Å². The van der Waals surface area contributed by atoms with E-state index in [1.165, 1.54) is 4.90 Å². The lowest BCUT2D eigenvalue weighted by Gasteiger charge is -2.38. The Labute approximate surface area is 260 Å². The number of nitrogens with zero attached hydrogens (tertiary/aromatic N) is 1. The Morgan fingerprint density at radius 1 is 0.955 bits per heavy atom. The second-order valence-corrected chi connectivity index (χ2v) is 15.2. The largest absolute Gasteiger partial charge is 0.460 e. The summed E-state index contributed by atoms with van der Waals surface area (Å²) >= 11 is 0. The Morgan fingerprint density at radius 3 is 2.11 bits per heavy atom. The molecule has 0 bridgehead atoms. The molecule has 2 aliphatic carbocycles. The molecule has 0 aromatic rings. The molecule has 1 saturated heterocycles. The van der Waals surface area contributed by atoms with Crippen molar-refractivity contribution in [3.63, 3.8) is 0 Å².